The Morgan fingerprint density at radius 2 is 1.51 bits per heavy atom. The van der Waals surface area contributed by atoms with Gasteiger partial charge in [-0.3, -0.25) is 4.79 Å². The monoisotopic (exact) mass is 538 g/mol. The van der Waals surface area contributed by atoms with E-state index in [1.807, 2.05) is 60.7 Å². The van der Waals surface area contributed by atoms with Gasteiger partial charge in [-0.1, -0.05) is 67.2 Å². The first kappa shape index (κ1) is 28.0. The predicted octanol–water partition coefficient (Wildman–Crippen LogP) is 4.35. The number of hydrogen-bond donors (Lipinski definition) is 0. The molecule has 3 aliphatic heterocycles. The number of rotatable bonds is 10. The Labute approximate surface area is 230 Å². The first-order valence-corrected chi connectivity index (χ1v) is 13.7. The lowest BCUT2D eigenvalue weighted by Crippen LogP contribution is -2.65. The highest BCUT2D eigenvalue weighted by molar-refractivity contribution is 5.70. The van der Waals surface area contributed by atoms with Gasteiger partial charge in [0.1, 0.15) is 18.3 Å². The second-order valence-electron chi connectivity index (χ2n) is 10.2. The van der Waals surface area contributed by atoms with Crippen LogP contribution in [0, 0.1) is 0 Å². The quantitative estimate of drug-likeness (QED) is 0.326. The van der Waals surface area contributed by atoms with Crippen LogP contribution in [-0.2, 0) is 51.2 Å². The first-order valence-electron chi connectivity index (χ1n) is 13.7. The van der Waals surface area contributed by atoms with Crippen LogP contribution in [0.5, 0.6) is 0 Å². The van der Waals surface area contributed by atoms with Crippen molar-refractivity contribution in [3.8, 4) is 0 Å². The molecule has 3 aliphatic rings. The summed E-state index contributed by atoms with van der Waals surface area (Å²) in [5, 5.41) is 0. The number of esters is 1. The van der Waals surface area contributed by atoms with Gasteiger partial charge < -0.3 is 33.2 Å². The number of carbonyl (C=O) groups excluding carboxylic acids is 1. The number of hydrogen-bond acceptors (Lipinski definition) is 8. The van der Waals surface area contributed by atoms with Crippen molar-refractivity contribution in [1.29, 1.82) is 0 Å². The van der Waals surface area contributed by atoms with Crippen molar-refractivity contribution in [3.63, 3.8) is 0 Å². The Kier molecular flexibility index (Phi) is 9.45. The van der Waals surface area contributed by atoms with Crippen LogP contribution in [0.2, 0.25) is 0 Å². The fraction of sp³-hybridized carbons (Fsp3) is 0.516. The van der Waals surface area contributed by atoms with Gasteiger partial charge in [-0.05, 0) is 30.0 Å². The van der Waals surface area contributed by atoms with Gasteiger partial charge in [-0.25, -0.2) is 0 Å². The largest absolute Gasteiger partial charge is 0.466 e. The van der Waals surface area contributed by atoms with Crippen LogP contribution in [0.3, 0.4) is 0 Å². The van der Waals surface area contributed by atoms with Gasteiger partial charge in [-0.2, -0.15) is 0 Å². The smallest absolute Gasteiger partial charge is 0.308 e. The van der Waals surface area contributed by atoms with Crippen molar-refractivity contribution in [1.82, 2.24) is 0 Å². The lowest BCUT2D eigenvalue weighted by molar-refractivity contribution is -0.345. The molecular formula is C31H38O8. The first-order chi connectivity index (χ1) is 19.1. The summed E-state index contributed by atoms with van der Waals surface area (Å²) >= 11 is 0. The summed E-state index contributed by atoms with van der Waals surface area (Å²) in [5.41, 5.74) is 2.93. The number of carbonyl (C=O) groups is 1. The molecule has 0 radical (unpaired) electrons. The predicted molar refractivity (Wildman–Crippen MR) is 143 cm³/mol. The molecule has 0 amide bonds. The second kappa shape index (κ2) is 13.2. The van der Waals surface area contributed by atoms with E-state index in [1.54, 1.807) is 14.0 Å². The molecule has 0 N–H and O–H groups in total. The van der Waals surface area contributed by atoms with E-state index in [1.165, 1.54) is 0 Å². The zero-order valence-corrected chi connectivity index (χ0v) is 22.6. The molecule has 39 heavy (non-hydrogen) atoms. The summed E-state index contributed by atoms with van der Waals surface area (Å²) in [4.78, 5) is 12.1. The molecule has 0 saturated carbocycles. The molecule has 0 unspecified atom stereocenters. The third-order valence-electron chi connectivity index (χ3n) is 7.52. The summed E-state index contributed by atoms with van der Waals surface area (Å²) in [5.74, 6) is -0.294. The van der Waals surface area contributed by atoms with Gasteiger partial charge >= 0.3 is 5.97 Å². The average molecular weight is 539 g/mol. The molecule has 8 heteroatoms. The van der Waals surface area contributed by atoms with E-state index in [4.69, 9.17) is 33.2 Å². The third kappa shape index (κ3) is 6.77. The van der Waals surface area contributed by atoms with E-state index in [9.17, 15) is 4.79 Å². The molecule has 2 aromatic rings. The SMILES string of the molecule is C=C1C[C@H]2O[C@H]3[C@H](OCc4ccccc4)[C@@H](OCc4ccccc4)[C@@H](OC)O[C@@H]3C[C@@H]2O[C@@H]1CC(=O)OCC. The molecule has 3 fully saturated rings. The van der Waals surface area contributed by atoms with E-state index < -0.39 is 24.6 Å². The van der Waals surface area contributed by atoms with Gasteiger partial charge in [0.15, 0.2) is 6.29 Å². The lowest BCUT2D eigenvalue weighted by atomic mass is 9.85. The van der Waals surface area contributed by atoms with Crippen molar-refractivity contribution < 1.29 is 38.0 Å². The van der Waals surface area contributed by atoms with E-state index in [0.29, 0.717) is 32.7 Å². The van der Waals surface area contributed by atoms with Crippen LogP contribution in [0.15, 0.2) is 72.8 Å². The van der Waals surface area contributed by atoms with Crippen LogP contribution >= 0.6 is 0 Å². The summed E-state index contributed by atoms with van der Waals surface area (Å²) < 4.78 is 43.2. The van der Waals surface area contributed by atoms with Crippen LogP contribution < -0.4 is 0 Å². The molecule has 0 aromatic heterocycles. The average Bonchev–Trinajstić information content (AvgIpc) is 2.95. The molecule has 210 valence electrons. The molecule has 2 aromatic carbocycles. The summed E-state index contributed by atoms with van der Waals surface area (Å²) in [6.07, 6.45) is -1.88. The molecule has 8 nitrogen and oxygen atoms in total. The Bertz CT molecular complexity index is 1080. The highest BCUT2D eigenvalue weighted by Gasteiger charge is 2.54. The minimum Gasteiger partial charge on any atom is -0.466 e. The van der Waals surface area contributed by atoms with E-state index in [-0.39, 0.29) is 36.8 Å². The minimum absolute atomic E-state index is 0.143. The van der Waals surface area contributed by atoms with Gasteiger partial charge in [0.25, 0.3) is 0 Å². The lowest BCUT2D eigenvalue weighted by Gasteiger charge is -2.52. The molecule has 8 atom stereocenters. The van der Waals surface area contributed by atoms with Crippen molar-refractivity contribution >= 4 is 5.97 Å². The molecule has 3 heterocycles. The van der Waals surface area contributed by atoms with E-state index in [0.717, 1.165) is 16.7 Å². The van der Waals surface area contributed by atoms with Crippen molar-refractivity contribution in [2.45, 2.75) is 88.4 Å². The highest BCUT2D eigenvalue weighted by atomic mass is 16.7. The fourth-order valence-corrected chi connectivity index (χ4v) is 5.58. The standard InChI is InChI=1S/C31H38O8/c1-4-34-27(32)17-23-20(2)15-24-25(37-23)16-26-28(38-24)29(35-18-21-11-7-5-8-12-21)30(31(33-3)39-26)36-19-22-13-9-6-10-14-22/h5-14,23-26,28-31H,2,4,15-19H2,1,3H3/t23-,24-,25+,26-,28-,29+,30-,31+/m1/s1. The van der Waals surface area contributed by atoms with Crippen molar-refractivity contribution in [2.24, 2.45) is 0 Å². The Morgan fingerprint density at radius 1 is 0.872 bits per heavy atom. The third-order valence-corrected chi connectivity index (χ3v) is 7.52. The maximum absolute atomic E-state index is 12.1. The fourth-order valence-electron chi connectivity index (χ4n) is 5.58. The highest BCUT2D eigenvalue weighted by Crippen LogP contribution is 2.41. The van der Waals surface area contributed by atoms with Crippen LogP contribution in [-0.4, -0.2) is 68.7 Å². The van der Waals surface area contributed by atoms with Gasteiger partial charge in [0.2, 0.25) is 0 Å². The zero-order valence-electron chi connectivity index (χ0n) is 22.6. The topological polar surface area (TPSA) is 81.7 Å². The molecule has 5 rings (SSSR count). The maximum atomic E-state index is 12.1. The van der Waals surface area contributed by atoms with E-state index >= 15 is 0 Å². The number of benzene rings is 2. The summed E-state index contributed by atoms with van der Waals surface area (Å²) in [6.45, 7) is 7.10. The zero-order chi connectivity index (χ0) is 27.2. The number of fused-ring (bicyclic) bond motifs is 2. The van der Waals surface area contributed by atoms with Crippen molar-refractivity contribution in [2.75, 3.05) is 13.7 Å². The number of methoxy groups -OCH3 is 1. The molecule has 0 bridgehead atoms. The summed E-state index contributed by atoms with van der Waals surface area (Å²) in [6, 6.07) is 20.0. The molecular weight excluding hydrogens is 500 g/mol. The van der Waals surface area contributed by atoms with Crippen LogP contribution in [0.1, 0.15) is 37.3 Å². The maximum Gasteiger partial charge on any atom is 0.308 e. The minimum atomic E-state index is -0.648. The Morgan fingerprint density at radius 3 is 2.13 bits per heavy atom. The second-order valence-corrected chi connectivity index (χ2v) is 10.2. The molecule has 0 aliphatic carbocycles. The Hall–Kier alpha value is -2.59. The van der Waals surface area contributed by atoms with Gasteiger partial charge in [0.05, 0.1) is 50.7 Å². The van der Waals surface area contributed by atoms with Crippen LogP contribution in [0.4, 0.5) is 0 Å². The normalized spacial score (nSPS) is 32.2. The van der Waals surface area contributed by atoms with Gasteiger partial charge in [0, 0.05) is 13.5 Å². The van der Waals surface area contributed by atoms with E-state index in [2.05, 4.69) is 6.58 Å². The summed E-state index contributed by atoms with van der Waals surface area (Å²) in [7, 11) is 1.61. The van der Waals surface area contributed by atoms with Gasteiger partial charge in [-0.15, -0.1) is 0 Å². The number of ether oxygens (including phenoxy) is 7. The molecule has 0 spiro atoms. The molecule has 3 saturated heterocycles. The van der Waals surface area contributed by atoms with Crippen molar-refractivity contribution in [3.05, 3.63) is 83.9 Å². The van der Waals surface area contributed by atoms with Crippen LogP contribution in [0.25, 0.3) is 0 Å². The Balaban J connectivity index is 1.33.